The van der Waals surface area contributed by atoms with Crippen LogP contribution in [0.1, 0.15) is 19.8 Å². The summed E-state index contributed by atoms with van der Waals surface area (Å²) in [4.78, 5) is 9.22. The zero-order valence-corrected chi connectivity index (χ0v) is 12.1. The minimum Gasteiger partial charge on any atom is -0.390 e. The van der Waals surface area contributed by atoms with E-state index in [4.69, 9.17) is 0 Å². The lowest BCUT2D eigenvalue weighted by molar-refractivity contribution is -0.390. The van der Waals surface area contributed by atoms with E-state index in [0.29, 0.717) is 0 Å². The molecule has 9 heteroatoms. The zero-order valence-electron chi connectivity index (χ0n) is 11.3. The number of hydrogen-bond donors (Lipinski definition) is 1. The molecule has 1 heterocycles. The Kier molecular flexibility index (Phi) is 4.00. The standard InChI is InChI=1S/C12H15FN2O5S/c1-12(16)5-7-14(8-6-12)21(19,20)10-4-2-3-9(13)11(10)15(17)18/h2-4,16H,5-8H2,1H3. The molecule has 7 nitrogen and oxygen atoms in total. The molecule has 1 aromatic carbocycles. The quantitative estimate of drug-likeness (QED) is 0.668. The highest BCUT2D eigenvalue weighted by molar-refractivity contribution is 7.89. The Labute approximate surface area is 121 Å². The summed E-state index contributed by atoms with van der Waals surface area (Å²) in [6, 6.07) is 2.98. The summed E-state index contributed by atoms with van der Waals surface area (Å²) in [7, 11) is -4.17. The van der Waals surface area contributed by atoms with Crippen molar-refractivity contribution >= 4 is 15.7 Å². The fourth-order valence-electron chi connectivity index (χ4n) is 2.23. The lowest BCUT2D eigenvalue weighted by atomic mass is 9.95. The fraction of sp³-hybridized carbons (Fsp3) is 0.500. The minimum atomic E-state index is -4.17. The van der Waals surface area contributed by atoms with E-state index in [1.807, 2.05) is 0 Å². The molecule has 0 aromatic heterocycles. The molecule has 0 atom stereocenters. The molecular formula is C12H15FN2O5S. The number of nitro benzene ring substituents is 1. The molecule has 1 fully saturated rings. The van der Waals surface area contributed by atoms with Gasteiger partial charge >= 0.3 is 5.69 Å². The second kappa shape index (κ2) is 5.32. The van der Waals surface area contributed by atoms with E-state index in [-0.39, 0.29) is 25.9 Å². The van der Waals surface area contributed by atoms with Crippen LogP contribution in [0.4, 0.5) is 10.1 Å². The molecule has 1 aliphatic rings. The largest absolute Gasteiger partial charge is 0.390 e. The molecule has 2 rings (SSSR count). The van der Waals surface area contributed by atoms with Crippen molar-refractivity contribution in [2.24, 2.45) is 0 Å². The van der Waals surface area contributed by atoms with Crippen molar-refractivity contribution < 1.29 is 22.8 Å². The van der Waals surface area contributed by atoms with E-state index < -0.39 is 36.9 Å². The molecule has 0 spiro atoms. The topological polar surface area (TPSA) is 101 Å². The van der Waals surface area contributed by atoms with E-state index in [2.05, 4.69) is 0 Å². The van der Waals surface area contributed by atoms with Crippen LogP contribution in [0.15, 0.2) is 23.1 Å². The summed E-state index contributed by atoms with van der Waals surface area (Å²) in [5.41, 5.74) is -2.00. The Morgan fingerprint density at radius 2 is 1.95 bits per heavy atom. The van der Waals surface area contributed by atoms with Crippen LogP contribution in [0.5, 0.6) is 0 Å². The highest BCUT2D eigenvalue weighted by Gasteiger charge is 2.38. The number of nitrogens with zero attached hydrogens (tertiary/aromatic N) is 2. The van der Waals surface area contributed by atoms with Gasteiger partial charge in [-0.3, -0.25) is 10.1 Å². The maximum Gasteiger partial charge on any atom is 0.324 e. The average molecular weight is 318 g/mol. The molecule has 1 N–H and O–H groups in total. The first-order chi connectivity index (χ1) is 9.65. The Morgan fingerprint density at radius 3 is 2.48 bits per heavy atom. The lowest BCUT2D eigenvalue weighted by Gasteiger charge is -2.34. The molecule has 0 bridgehead atoms. The molecule has 1 aromatic rings. The number of piperidine rings is 1. The second-order valence-corrected chi connectivity index (χ2v) is 7.15. The molecular weight excluding hydrogens is 303 g/mol. The molecule has 0 saturated carbocycles. The number of aliphatic hydroxyl groups is 1. The normalized spacial score (nSPS) is 19.4. The van der Waals surface area contributed by atoms with Crippen LogP contribution in [0, 0.1) is 15.9 Å². The molecule has 116 valence electrons. The van der Waals surface area contributed by atoms with Crippen molar-refractivity contribution in [3.05, 3.63) is 34.1 Å². The Balaban J connectivity index is 2.42. The van der Waals surface area contributed by atoms with Gasteiger partial charge in [-0.2, -0.15) is 8.70 Å². The number of hydrogen-bond acceptors (Lipinski definition) is 5. The van der Waals surface area contributed by atoms with Crippen LogP contribution in [0.3, 0.4) is 0 Å². The van der Waals surface area contributed by atoms with E-state index in [1.54, 1.807) is 6.92 Å². The van der Waals surface area contributed by atoms with E-state index in [9.17, 15) is 28.0 Å². The van der Waals surface area contributed by atoms with Gasteiger partial charge in [0.25, 0.3) is 0 Å². The van der Waals surface area contributed by atoms with Gasteiger partial charge in [0.2, 0.25) is 15.8 Å². The van der Waals surface area contributed by atoms with Gasteiger partial charge < -0.3 is 5.11 Å². The smallest absolute Gasteiger partial charge is 0.324 e. The monoisotopic (exact) mass is 318 g/mol. The molecule has 0 amide bonds. The molecule has 0 radical (unpaired) electrons. The Morgan fingerprint density at radius 1 is 1.38 bits per heavy atom. The van der Waals surface area contributed by atoms with Crippen molar-refractivity contribution in [1.29, 1.82) is 0 Å². The maximum atomic E-state index is 13.6. The molecule has 0 aliphatic carbocycles. The number of rotatable bonds is 3. The minimum absolute atomic E-state index is 0.0308. The first kappa shape index (κ1) is 15.8. The van der Waals surface area contributed by atoms with Crippen LogP contribution >= 0.6 is 0 Å². The SMILES string of the molecule is CC1(O)CCN(S(=O)(=O)c2cccc(F)c2[N+](=O)[O-])CC1. The molecule has 1 aliphatic heterocycles. The third kappa shape index (κ3) is 3.04. The highest BCUT2D eigenvalue weighted by Crippen LogP contribution is 2.32. The summed E-state index contributed by atoms with van der Waals surface area (Å²) < 4.78 is 39.5. The molecule has 21 heavy (non-hydrogen) atoms. The fourth-order valence-corrected chi connectivity index (χ4v) is 3.84. The van der Waals surface area contributed by atoms with Gasteiger partial charge in [0.05, 0.1) is 10.5 Å². The lowest BCUT2D eigenvalue weighted by Crippen LogP contribution is -2.45. The number of sulfonamides is 1. The van der Waals surface area contributed by atoms with Gasteiger partial charge in [-0.25, -0.2) is 8.42 Å². The summed E-state index contributed by atoms with van der Waals surface area (Å²) in [5.74, 6) is -1.19. The predicted molar refractivity (Wildman–Crippen MR) is 71.7 cm³/mol. The van der Waals surface area contributed by atoms with Gasteiger partial charge in [-0.1, -0.05) is 6.07 Å². The third-order valence-electron chi connectivity index (χ3n) is 3.55. The van der Waals surface area contributed by atoms with Crippen LogP contribution in [0.25, 0.3) is 0 Å². The average Bonchev–Trinajstić information content (AvgIpc) is 2.37. The summed E-state index contributed by atoms with van der Waals surface area (Å²) in [6.45, 7) is 1.66. The van der Waals surface area contributed by atoms with Gasteiger partial charge in [0, 0.05) is 13.1 Å². The summed E-state index contributed by atoms with van der Waals surface area (Å²) >= 11 is 0. The van der Waals surface area contributed by atoms with Crippen molar-refractivity contribution in [2.45, 2.75) is 30.3 Å². The van der Waals surface area contributed by atoms with E-state index in [1.165, 1.54) is 0 Å². The van der Waals surface area contributed by atoms with Gasteiger partial charge in [0.15, 0.2) is 4.90 Å². The number of nitro groups is 1. The van der Waals surface area contributed by atoms with Crippen LogP contribution < -0.4 is 0 Å². The van der Waals surface area contributed by atoms with Crippen molar-refractivity contribution in [2.75, 3.05) is 13.1 Å². The first-order valence-electron chi connectivity index (χ1n) is 6.30. The van der Waals surface area contributed by atoms with Gasteiger partial charge in [0.1, 0.15) is 0 Å². The predicted octanol–water partition coefficient (Wildman–Crippen LogP) is 1.27. The van der Waals surface area contributed by atoms with Crippen LogP contribution in [-0.2, 0) is 10.0 Å². The van der Waals surface area contributed by atoms with Gasteiger partial charge in [-0.05, 0) is 31.9 Å². The van der Waals surface area contributed by atoms with Crippen molar-refractivity contribution in [3.8, 4) is 0 Å². The highest BCUT2D eigenvalue weighted by atomic mass is 32.2. The maximum absolute atomic E-state index is 13.6. The second-order valence-electron chi connectivity index (χ2n) is 5.24. The van der Waals surface area contributed by atoms with Crippen molar-refractivity contribution in [1.82, 2.24) is 4.31 Å². The summed E-state index contributed by atoms with van der Waals surface area (Å²) in [6.07, 6.45) is 0.435. The van der Waals surface area contributed by atoms with Crippen LogP contribution in [0.2, 0.25) is 0 Å². The number of halogens is 1. The first-order valence-corrected chi connectivity index (χ1v) is 7.75. The third-order valence-corrected chi connectivity index (χ3v) is 5.48. The van der Waals surface area contributed by atoms with E-state index in [0.717, 1.165) is 22.5 Å². The van der Waals surface area contributed by atoms with Crippen molar-refractivity contribution in [3.63, 3.8) is 0 Å². The number of benzene rings is 1. The molecule has 1 saturated heterocycles. The van der Waals surface area contributed by atoms with E-state index >= 15 is 0 Å². The van der Waals surface area contributed by atoms with Gasteiger partial charge in [-0.15, -0.1) is 0 Å². The van der Waals surface area contributed by atoms with Crippen LogP contribution in [-0.4, -0.2) is 41.4 Å². The number of para-hydroxylation sites is 1. The Bertz CT molecular complexity index is 664. The Hall–Kier alpha value is -1.58. The zero-order chi connectivity index (χ0) is 15.8. The molecule has 0 unspecified atom stereocenters. The summed E-state index contributed by atoms with van der Waals surface area (Å²) in [5, 5.41) is 20.7.